The fraction of sp³-hybridized carbons (Fsp3) is 0.444. The van der Waals surface area contributed by atoms with Crippen LogP contribution in [0.3, 0.4) is 0 Å². The van der Waals surface area contributed by atoms with Gasteiger partial charge in [-0.2, -0.15) is 0 Å². The summed E-state index contributed by atoms with van der Waals surface area (Å²) in [4.78, 5) is 0. The van der Waals surface area contributed by atoms with Gasteiger partial charge in [0.05, 0.1) is 6.04 Å². The highest BCUT2D eigenvalue weighted by Crippen LogP contribution is 2.25. The molecule has 108 valence electrons. The van der Waals surface area contributed by atoms with Gasteiger partial charge in [-0.25, -0.2) is 0 Å². The van der Waals surface area contributed by atoms with Crippen LogP contribution in [0.5, 0.6) is 0 Å². The summed E-state index contributed by atoms with van der Waals surface area (Å²) in [6.07, 6.45) is 0.971. The van der Waals surface area contributed by atoms with E-state index in [-0.39, 0.29) is 6.04 Å². The van der Waals surface area contributed by atoms with E-state index in [0.29, 0.717) is 0 Å². The molecule has 2 aromatic rings. The van der Waals surface area contributed by atoms with E-state index in [9.17, 15) is 0 Å². The van der Waals surface area contributed by atoms with Crippen LogP contribution in [0.15, 0.2) is 28.7 Å². The molecule has 0 amide bonds. The van der Waals surface area contributed by atoms with Crippen molar-refractivity contribution in [3.05, 3.63) is 58.0 Å². The van der Waals surface area contributed by atoms with Gasteiger partial charge in [0.25, 0.3) is 0 Å². The fourth-order valence-corrected chi connectivity index (χ4v) is 2.90. The summed E-state index contributed by atoms with van der Waals surface area (Å²) < 4.78 is 5.81. The molecule has 0 bridgehead atoms. The smallest absolute Gasteiger partial charge is 0.121 e. The second kappa shape index (κ2) is 6.27. The summed E-state index contributed by atoms with van der Waals surface area (Å²) in [6, 6.07) is 8.89. The molecule has 2 nitrogen and oxygen atoms in total. The van der Waals surface area contributed by atoms with Crippen LogP contribution in [0.4, 0.5) is 0 Å². The zero-order valence-corrected chi connectivity index (χ0v) is 13.2. The lowest BCUT2D eigenvalue weighted by molar-refractivity contribution is 0.403. The molecule has 0 aliphatic carbocycles. The summed E-state index contributed by atoms with van der Waals surface area (Å²) in [5, 5.41) is 3.54. The Kier molecular flexibility index (Phi) is 4.66. The molecule has 0 aliphatic rings. The molecular weight excluding hydrogens is 246 g/mol. The van der Waals surface area contributed by atoms with Gasteiger partial charge in [0, 0.05) is 0 Å². The number of aryl methyl sites for hydroxylation is 4. The Balaban J connectivity index is 2.29. The van der Waals surface area contributed by atoms with Gasteiger partial charge in [-0.1, -0.05) is 24.6 Å². The molecule has 0 saturated carbocycles. The van der Waals surface area contributed by atoms with E-state index >= 15 is 0 Å². The molecule has 0 fully saturated rings. The number of furan rings is 1. The SMILES string of the molecule is CCNC(Cc1c(C)cc(C)cc1C)c1ccc(C)o1. The van der Waals surface area contributed by atoms with Gasteiger partial charge in [0.15, 0.2) is 0 Å². The zero-order valence-electron chi connectivity index (χ0n) is 13.2. The first kappa shape index (κ1) is 14.9. The van der Waals surface area contributed by atoms with Crippen molar-refractivity contribution in [3.63, 3.8) is 0 Å². The topological polar surface area (TPSA) is 25.2 Å². The molecule has 1 unspecified atom stereocenters. The predicted octanol–water partition coefficient (Wildman–Crippen LogP) is 4.41. The number of hydrogen-bond acceptors (Lipinski definition) is 2. The third kappa shape index (κ3) is 3.31. The Morgan fingerprint density at radius 2 is 1.70 bits per heavy atom. The Morgan fingerprint density at radius 3 is 2.20 bits per heavy atom. The van der Waals surface area contributed by atoms with Crippen molar-refractivity contribution >= 4 is 0 Å². The molecule has 0 saturated heterocycles. The lowest BCUT2D eigenvalue weighted by atomic mass is 9.93. The van der Waals surface area contributed by atoms with Gasteiger partial charge in [-0.05, 0) is 69.5 Å². The predicted molar refractivity (Wildman–Crippen MR) is 84.2 cm³/mol. The third-order valence-electron chi connectivity index (χ3n) is 3.80. The zero-order chi connectivity index (χ0) is 14.7. The number of hydrogen-bond donors (Lipinski definition) is 1. The van der Waals surface area contributed by atoms with Crippen LogP contribution in [0.25, 0.3) is 0 Å². The monoisotopic (exact) mass is 271 g/mol. The Morgan fingerprint density at radius 1 is 1.05 bits per heavy atom. The molecule has 0 spiro atoms. The Labute approximate surface area is 122 Å². The van der Waals surface area contributed by atoms with Crippen molar-refractivity contribution in [2.24, 2.45) is 0 Å². The van der Waals surface area contributed by atoms with Crippen LogP contribution in [0.2, 0.25) is 0 Å². The van der Waals surface area contributed by atoms with E-state index in [2.05, 4.69) is 51.2 Å². The van der Waals surface area contributed by atoms with E-state index in [4.69, 9.17) is 4.42 Å². The number of nitrogens with one attached hydrogen (secondary N) is 1. The maximum absolute atomic E-state index is 5.81. The first-order valence-electron chi connectivity index (χ1n) is 7.37. The minimum Gasteiger partial charge on any atom is -0.465 e. The van der Waals surface area contributed by atoms with E-state index in [1.165, 1.54) is 22.3 Å². The Hall–Kier alpha value is -1.54. The lowest BCUT2D eigenvalue weighted by Crippen LogP contribution is -2.23. The molecule has 1 aromatic heterocycles. The van der Waals surface area contributed by atoms with Crippen LogP contribution in [-0.4, -0.2) is 6.54 Å². The van der Waals surface area contributed by atoms with Crippen LogP contribution < -0.4 is 5.32 Å². The van der Waals surface area contributed by atoms with E-state index in [1.54, 1.807) is 0 Å². The van der Waals surface area contributed by atoms with Crippen molar-refractivity contribution < 1.29 is 4.42 Å². The van der Waals surface area contributed by atoms with Crippen LogP contribution >= 0.6 is 0 Å². The summed E-state index contributed by atoms with van der Waals surface area (Å²) in [5.74, 6) is 2.00. The third-order valence-corrected chi connectivity index (χ3v) is 3.80. The first-order valence-corrected chi connectivity index (χ1v) is 7.37. The minimum atomic E-state index is 0.244. The second-order valence-electron chi connectivity index (χ2n) is 5.64. The van der Waals surface area contributed by atoms with Gasteiger partial charge >= 0.3 is 0 Å². The van der Waals surface area contributed by atoms with Crippen molar-refractivity contribution in [3.8, 4) is 0 Å². The van der Waals surface area contributed by atoms with Gasteiger partial charge < -0.3 is 9.73 Å². The van der Waals surface area contributed by atoms with E-state index in [0.717, 1.165) is 24.5 Å². The standard InChI is InChI=1S/C18H25NO/c1-6-19-17(18-8-7-15(5)20-18)11-16-13(3)9-12(2)10-14(16)4/h7-10,17,19H,6,11H2,1-5H3. The number of likely N-dealkylation sites (N-methyl/N-ethyl adjacent to an activating group) is 1. The average Bonchev–Trinajstić information content (AvgIpc) is 2.79. The summed E-state index contributed by atoms with van der Waals surface area (Å²) >= 11 is 0. The molecule has 0 radical (unpaired) electrons. The summed E-state index contributed by atoms with van der Waals surface area (Å²) in [5.41, 5.74) is 5.50. The van der Waals surface area contributed by atoms with Gasteiger partial charge in [-0.15, -0.1) is 0 Å². The maximum Gasteiger partial charge on any atom is 0.121 e. The molecular formula is C18H25NO. The van der Waals surface area contributed by atoms with Crippen LogP contribution in [-0.2, 0) is 6.42 Å². The van der Waals surface area contributed by atoms with Crippen molar-refractivity contribution in [2.75, 3.05) is 6.54 Å². The molecule has 1 heterocycles. The highest BCUT2D eigenvalue weighted by Gasteiger charge is 2.17. The van der Waals surface area contributed by atoms with E-state index < -0.39 is 0 Å². The highest BCUT2D eigenvalue weighted by atomic mass is 16.3. The van der Waals surface area contributed by atoms with Crippen molar-refractivity contribution in [1.82, 2.24) is 5.32 Å². The largest absolute Gasteiger partial charge is 0.465 e. The molecule has 2 rings (SSSR count). The van der Waals surface area contributed by atoms with Crippen LogP contribution in [0, 0.1) is 27.7 Å². The van der Waals surface area contributed by atoms with Gasteiger partial charge in [-0.3, -0.25) is 0 Å². The Bertz CT molecular complexity index is 560. The summed E-state index contributed by atoms with van der Waals surface area (Å²) in [7, 11) is 0. The molecule has 1 aromatic carbocycles. The quantitative estimate of drug-likeness (QED) is 0.871. The van der Waals surface area contributed by atoms with E-state index in [1.807, 2.05) is 13.0 Å². The minimum absolute atomic E-state index is 0.244. The van der Waals surface area contributed by atoms with Crippen molar-refractivity contribution in [2.45, 2.75) is 47.1 Å². The normalized spacial score (nSPS) is 12.7. The first-order chi connectivity index (χ1) is 9.51. The van der Waals surface area contributed by atoms with Gasteiger partial charge in [0.1, 0.15) is 11.5 Å². The molecule has 20 heavy (non-hydrogen) atoms. The van der Waals surface area contributed by atoms with Crippen LogP contribution in [0.1, 0.15) is 46.7 Å². The van der Waals surface area contributed by atoms with Gasteiger partial charge in [0.2, 0.25) is 0 Å². The highest BCUT2D eigenvalue weighted by molar-refractivity contribution is 5.38. The molecule has 2 heteroatoms. The van der Waals surface area contributed by atoms with Crippen molar-refractivity contribution in [1.29, 1.82) is 0 Å². The molecule has 1 N–H and O–H groups in total. The second-order valence-corrected chi connectivity index (χ2v) is 5.64. The lowest BCUT2D eigenvalue weighted by Gasteiger charge is -2.19. The number of benzene rings is 1. The number of rotatable bonds is 5. The fourth-order valence-electron chi connectivity index (χ4n) is 2.90. The summed E-state index contributed by atoms with van der Waals surface area (Å²) in [6.45, 7) is 11.6. The average molecular weight is 271 g/mol. The maximum atomic E-state index is 5.81. The molecule has 1 atom stereocenters. The molecule has 0 aliphatic heterocycles.